The third-order valence-corrected chi connectivity index (χ3v) is 4.97. The van der Waals surface area contributed by atoms with E-state index in [9.17, 15) is 0 Å². The first kappa shape index (κ1) is 24.2. The fourth-order valence-electron chi connectivity index (χ4n) is 3.01. The Balaban J connectivity index is 0.00000364. The summed E-state index contributed by atoms with van der Waals surface area (Å²) in [7, 11) is 1.79. The molecule has 1 fully saturated rings. The lowest BCUT2D eigenvalue weighted by Gasteiger charge is -2.37. The van der Waals surface area contributed by atoms with Crippen molar-refractivity contribution >= 4 is 29.9 Å². The highest BCUT2D eigenvalue weighted by Gasteiger charge is 2.21. The van der Waals surface area contributed by atoms with Crippen LogP contribution < -0.4 is 10.6 Å². The van der Waals surface area contributed by atoms with Crippen molar-refractivity contribution in [1.29, 1.82) is 0 Å². The number of piperazine rings is 1. The fraction of sp³-hybridized carbons (Fsp3) is 0.789. The zero-order valence-electron chi connectivity index (χ0n) is 17.7. The van der Waals surface area contributed by atoms with E-state index >= 15 is 0 Å². The molecule has 1 atom stereocenters. The lowest BCUT2D eigenvalue weighted by molar-refractivity contribution is 0.107. The summed E-state index contributed by atoms with van der Waals surface area (Å²) in [6.45, 7) is 18.0. The summed E-state index contributed by atoms with van der Waals surface area (Å²) >= 11 is 0. The Labute approximate surface area is 181 Å². The minimum absolute atomic E-state index is 0. The molecule has 1 aromatic rings. The van der Waals surface area contributed by atoms with Crippen LogP contribution in [0.3, 0.4) is 0 Å². The summed E-state index contributed by atoms with van der Waals surface area (Å²) in [5.41, 5.74) is -0.0254. The van der Waals surface area contributed by atoms with E-state index in [1.54, 1.807) is 7.05 Å². The molecule has 1 saturated heterocycles. The number of aliphatic imine (C=N–C) groups is 1. The number of likely N-dealkylation sites (N-methyl/N-ethyl adjacent to an activating group) is 1. The predicted octanol–water partition coefficient (Wildman–Crippen LogP) is 2.28. The Morgan fingerprint density at radius 2 is 1.93 bits per heavy atom. The van der Waals surface area contributed by atoms with Crippen molar-refractivity contribution in [3.8, 4) is 0 Å². The highest BCUT2D eigenvalue weighted by molar-refractivity contribution is 14.0. The standard InChI is InChI=1S/C19H36N6O.HI/c1-7-24-8-10-25(11-9-24)15(2)12-22-18(20-6)23-14-17-21-13-16(26-17)19(3,4)5;/h13,15H,7-12,14H2,1-6H3,(H2,20,22,23);1H. The summed E-state index contributed by atoms with van der Waals surface area (Å²) in [6, 6.07) is 0.474. The maximum Gasteiger partial charge on any atom is 0.213 e. The van der Waals surface area contributed by atoms with E-state index in [1.165, 1.54) is 0 Å². The zero-order chi connectivity index (χ0) is 19.2. The smallest absolute Gasteiger partial charge is 0.213 e. The van der Waals surface area contributed by atoms with Gasteiger partial charge in [-0.05, 0) is 13.5 Å². The molecule has 0 aromatic carbocycles. The molecule has 2 heterocycles. The molecule has 27 heavy (non-hydrogen) atoms. The lowest BCUT2D eigenvalue weighted by Crippen LogP contribution is -2.53. The van der Waals surface area contributed by atoms with E-state index in [1.807, 2.05) is 6.20 Å². The molecule has 0 spiro atoms. The molecule has 2 N–H and O–H groups in total. The van der Waals surface area contributed by atoms with Gasteiger partial charge >= 0.3 is 0 Å². The van der Waals surface area contributed by atoms with Gasteiger partial charge in [-0.1, -0.05) is 27.7 Å². The van der Waals surface area contributed by atoms with Crippen LogP contribution in [-0.2, 0) is 12.0 Å². The van der Waals surface area contributed by atoms with Crippen molar-refractivity contribution in [2.24, 2.45) is 4.99 Å². The first-order valence-corrected chi connectivity index (χ1v) is 9.69. The average molecular weight is 492 g/mol. The van der Waals surface area contributed by atoms with Gasteiger partial charge in [-0.3, -0.25) is 9.89 Å². The monoisotopic (exact) mass is 492 g/mol. The Morgan fingerprint density at radius 1 is 1.26 bits per heavy atom. The van der Waals surface area contributed by atoms with Gasteiger partial charge in [-0.2, -0.15) is 0 Å². The van der Waals surface area contributed by atoms with Crippen molar-refractivity contribution in [1.82, 2.24) is 25.4 Å². The van der Waals surface area contributed by atoms with Crippen LogP contribution in [0.1, 0.15) is 46.3 Å². The normalized spacial score (nSPS) is 18.1. The van der Waals surface area contributed by atoms with Crippen molar-refractivity contribution in [2.45, 2.75) is 52.6 Å². The molecule has 156 valence electrons. The van der Waals surface area contributed by atoms with Gasteiger partial charge in [-0.25, -0.2) is 4.98 Å². The SMILES string of the molecule is CCN1CCN(C(C)CNC(=NC)NCc2ncc(C(C)(C)C)o2)CC1.I. The first-order valence-electron chi connectivity index (χ1n) is 9.69. The van der Waals surface area contributed by atoms with Gasteiger partial charge < -0.3 is 20.0 Å². The second-order valence-electron chi connectivity index (χ2n) is 7.99. The first-order chi connectivity index (χ1) is 12.3. The number of nitrogens with one attached hydrogen (secondary N) is 2. The van der Waals surface area contributed by atoms with E-state index < -0.39 is 0 Å². The predicted molar refractivity (Wildman–Crippen MR) is 122 cm³/mol. The minimum atomic E-state index is -0.0254. The second-order valence-corrected chi connectivity index (χ2v) is 7.99. The molecule has 1 aliphatic heterocycles. The quantitative estimate of drug-likeness (QED) is 0.361. The number of guanidine groups is 1. The van der Waals surface area contributed by atoms with Crippen LogP contribution in [0.25, 0.3) is 0 Å². The Bertz CT molecular complexity index is 575. The average Bonchev–Trinajstić information content (AvgIpc) is 3.11. The Morgan fingerprint density at radius 3 is 2.44 bits per heavy atom. The van der Waals surface area contributed by atoms with Crippen LogP contribution >= 0.6 is 24.0 Å². The molecular weight excluding hydrogens is 455 g/mol. The van der Waals surface area contributed by atoms with Crippen LogP contribution in [0.5, 0.6) is 0 Å². The molecule has 8 heteroatoms. The lowest BCUT2D eigenvalue weighted by atomic mass is 9.94. The Hall–Kier alpha value is -0.870. The van der Waals surface area contributed by atoms with Crippen LogP contribution in [-0.4, -0.2) is 73.1 Å². The van der Waals surface area contributed by atoms with Crippen molar-refractivity contribution in [3.63, 3.8) is 0 Å². The minimum Gasteiger partial charge on any atom is -0.443 e. The van der Waals surface area contributed by atoms with E-state index in [4.69, 9.17) is 4.42 Å². The summed E-state index contributed by atoms with van der Waals surface area (Å²) in [5, 5.41) is 6.69. The maximum absolute atomic E-state index is 5.82. The molecule has 0 saturated carbocycles. The molecule has 2 rings (SSSR count). The van der Waals surface area contributed by atoms with Gasteiger partial charge in [-0.15, -0.1) is 24.0 Å². The molecule has 7 nitrogen and oxygen atoms in total. The number of oxazole rings is 1. The highest BCUT2D eigenvalue weighted by Crippen LogP contribution is 2.22. The number of aromatic nitrogens is 1. The third-order valence-electron chi connectivity index (χ3n) is 4.97. The molecule has 1 unspecified atom stereocenters. The molecule has 1 aromatic heterocycles. The van der Waals surface area contributed by atoms with E-state index in [0.717, 1.165) is 51.0 Å². The van der Waals surface area contributed by atoms with E-state index in [-0.39, 0.29) is 29.4 Å². The second kappa shape index (κ2) is 11.2. The molecule has 0 radical (unpaired) electrons. The van der Waals surface area contributed by atoms with Gasteiger partial charge in [0.05, 0.1) is 12.7 Å². The zero-order valence-corrected chi connectivity index (χ0v) is 20.0. The van der Waals surface area contributed by atoms with Gasteiger partial charge in [0.25, 0.3) is 0 Å². The molecule has 0 bridgehead atoms. The number of nitrogens with zero attached hydrogens (tertiary/aromatic N) is 4. The summed E-state index contributed by atoms with van der Waals surface area (Å²) in [4.78, 5) is 13.7. The van der Waals surface area contributed by atoms with E-state index in [2.05, 4.69) is 65.0 Å². The molecule has 0 amide bonds. The number of hydrogen-bond donors (Lipinski definition) is 2. The summed E-state index contributed by atoms with van der Waals surface area (Å²) in [6.07, 6.45) is 1.81. The van der Waals surface area contributed by atoms with Gasteiger partial charge in [0.2, 0.25) is 5.89 Å². The number of hydrogen-bond acceptors (Lipinski definition) is 5. The van der Waals surface area contributed by atoms with Crippen molar-refractivity contribution in [2.75, 3.05) is 46.3 Å². The molecule has 0 aliphatic carbocycles. The van der Waals surface area contributed by atoms with Gasteiger partial charge in [0, 0.05) is 51.2 Å². The number of rotatable bonds is 6. The van der Waals surface area contributed by atoms with Crippen molar-refractivity contribution < 1.29 is 4.42 Å². The largest absolute Gasteiger partial charge is 0.443 e. The van der Waals surface area contributed by atoms with Crippen LogP contribution in [0.2, 0.25) is 0 Å². The third kappa shape index (κ3) is 7.57. The van der Waals surface area contributed by atoms with Crippen LogP contribution in [0.15, 0.2) is 15.6 Å². The topological polar surface area (TPSA) is 68.9 Å². The van der Waals surface area contributed by atoms with Crippen molar-refractivity contribution in [3.05, 3.63) is 17.8 Å². The van der Waals surface area contributed by atoms with Gasteiger partial charge in [0.15, 0.2) is 5.96 Å². The maximum atomic E-state index is 5.82. The van der Waals surface area contributed by atoms with Crippen LogP contribution in [0, 0.1) is 0 Å². The fourth-order valence-corrected chi connectivity index (χ4v) is 3.01. The summed E-state index contributed by atoms with van der Waals surface area (Å²) in [5.74, 6) is 2.36. The Kier molecular flexibility index (Phi) is 10.0. The van der Waals surface area contributed by atoms with Gasteiger partial charge in [0.1, 0.15) is 5.76 Å². The van der Waals surface area contributed by atoms with Crippen LogP contribution in [0.4, 0.5) is 0 Å². The molecular formula is C19H37IN6O. The summed E-state index contributed by atoms with van der Waals surface area (Å²) < 4.78 is 5.82. The van der Waals surface area contributed by atoms with E-state index in [0.29, 0.717) is 18.5 Å². The molecule has 1 aliphatic rings. The highest BCUT2D eigenvalue weighted by atomic mass is 127. The number of halogens is 1.